The van der Waals surface area contributed by atoms with Crippen LogP contribution in [-0.2, 0) is 9.84 Å². The molecule has 29 heavy (non-hydrogen) atoms. The minimum atomic E-state index is -3.52. The van der Waals surface area contributed by atoms with Gasteiger partial charge in [0.1, 0.15) is 5.69 Å². The summed E-state index contributed by atoms with van der Waals surface area (Å²) in [5.74, 6) is -1.09. The largest absolute Gasteiger partial charge is 0.335 e. The molecule has 0 spiro atoms. The first-order valence-corrected chi connectivity index (χ1v) is 11.5. The fourth-order valence-electron chi connectivity index (χ4n) is 4.16. The van der Waals surface area contributed by atoms with Gasteiger partial charge in [-0.1, -0.05) is 6.07 Å². The third kappa shape index (κ3) is 2.87. The average Bonchev–Trinajstić information content (AvgIpc) is 3.38. The number of pyridine rings is 1. The van der Waals surface area contributed by atoms with E-state index >= 15 is 0 Å². The van der Waals surface area contributed by atoms with Gasteiger partial charge in [-0.05, 0) is 42.3 Å². The van der Waals surface area contributed by atoms with Crippen LogP contribution in [0.1, 0.15) is 27.0 Å². The zero-order valence-electron chi connectivity index (χ0n) is 15.4. The van der Waals surface area contributed by atoms with E-state index in [1.807, 2.05) is 13.0 Å². The summed E-state index contributed by atoms with van der Waals surface area (Å²) in [6, 6.07) is 8.03. The smallest absolute Gasteiger partial charge is 0.273 e. The van der Waals surface area contributed by atoms with Gasteiger partial charge in [0, 0.05) is 36.1 Å². The van der Waals surface area contributed by atoms with Gasteiger partial charge in [-0.25, -0.2) is 18.4 Å². The van der Waals surface area contributed by atoms with Crippen LogP contribution in [0.5, 0.6) is 0 Å². The van der Waals surface area contributed by atoms with Crippen LogP contribution >= 0.6 is 11.3 Å². The first-order valence-electron chi connectivity index (χ1n) is 9.06. The number of nitrogens with zero attached hydrogens (tertiary/aromatic N) is 3. The third-order valence-corrected chi connectivity index (χ3v) is 8.60. The Morgan fingerprint density at radius 3 is 2.69 bits per heavy atom. The van der Waals surface area contributed by atoms with Crippen LogP contribution in [-0.4, -0.2) is 47.5 Å². The highest BCUT2D eigenvalue weighted by atomic mass is 32.2. The maximum absolute atomic E-state index is 13.1. The molecule has 2 aliphatic rings. The molecule has 4 heterocycles. The average molecular weight is 429 g/mol. The molecule has 1 amide bonds. The lowest BCUT2D eigenvalue weighted by Gasteiger charge is -2.17. The second kappa shape index (κ2) is 6.43. The Hall–Kier alpha value is -2.65. The lowest BCUT2D eigenvalue weighted by atomic mass is 9.95. The van der Waals surface area contributed by atoms with E-state index in [0.717, 1.165) is 10.6 Å². The summed E-state index contributed by atoms with van der Waals surface area (Å²) in [4.78, 5) is 22.6. The molecule has 0 saturated carbocycles. The number of likely N-dealkylation sites (tertiary alicyclic amines) is 1. The minimum Gasteiger partial charge on any atom is -0.335 e. The monoisotopic (exact) mass is 429 g/mol. The second-order valence-corrected chi connectivity index (χ2v) is 10.5. The summed E-state index contributed by atoms with van der Waals surface area (Å²) in [6.07, 6.45) is 1.42. The summed E-state index contributed by atoms with van der Waals surface area (Å²) in [5, 5.41) is 1.85. The summed E-state index contributed by atoms with van der Waals surface area (Å²) < 4.78 is 39.2. The maximum Gasteiger partial charge on any atom is 0.273 e. The number of rotatable bonds is 2. The molecule has 0 unspecified atom stereocenters. The molecule has 0 aliphatic carbocycles. The van der Waals surface area contributed by atoms with Crippen LogP contribution in [0, 0.1) is 12.9 Å². The van der Waals surface area contributed by atoms with Crippen LogP contribution in [0.2, 0.25) is 0 Å². The number of fused-ring (bicyclic) bond motifs is 3. The van der Waals surface area contributed by atoms with Crippen molar-refractivity contribution in [2.45, 2.75) is 23.0 Å². The highest BCUT2D eigenvalue weighted by molar-refractivity contribution is 7.92. The van der Waals surface area contributed by atoms with E-state index in [0.29, 0.717) is 28.3 Å². The number of benzene rings is 1. The molecule has 0 bridgehead atoms. The van der Waals surface area contributed by atoms with Gasteiger partial charge in [0.15, 0.2) is 9.84 Å². The number of aromatic nitrogens is 2. The molecule has 3 aromatic rings. The van der Waals surface area contributed by atoms with E-state index in [1.165, 1.54) is 23.6 Å². The van der Waals surface area contributed by atoms with Crippen molar-refractivity contribution in [3.63, 3.8) is 0 Å². The van der Waals surface area contributed by atoms with E-state index in [1.54, 1.807) is 28.5 Å². The number of sulfone groups is 1. The molecule has 2 aromatic heterocycles. The Morgan fingerprint density at radius 2 is 2.00 bits per heavy atom. The molecular weight excluding hydrogens is 413 g/mol. The van der Waals surface area contributed by atoms with E-state index in [2.05, 4.69) is 9.97 Å². The van der Waals surface area contributed by atoms with Crippen molar-refractivity contribution in [1.29, 1.82) is 0 Å². The number of hydrogen-bond donors (Lipinski definition) is 0. The van der Waals surface area contributed by atoms with E-state index in [4.69, 9.17) is 0 Å². The highest BCUT2D eigenvalue weighted by Crippen LogP contribution is 2.46. The van der Waals surface area contributed by atoms with E-state index < -0.39 is 21.0 Å². The van der Waals surface area contributed by atoms with E-state index in [-0.39, 0.29) is 18.4 Å². The SMILES string of the molecule is Cc1nc(C(=O)N2C[C@@H]3c4cc(-c5ccc(F)nc5)ccc4S(=O)(=O)[C@@H]3C2)cs1. The first kappa shape index (κ1) is 18.4. The van der Waals surface area contributed by atoms with Gasteiger partial charge in [-0.15, -0.1) is 11.3 Å². The number of aryl methyl sites for hydroxylation is 1. The highest BCUT2D eigenvalue weighted by Gasteiger charge is 2.51. The fourth-order valence-corrected chi connectivity index (χ4v) is 6.91. The Kier molecular flexibility index (Phi) is 4.08. The molecule has 2 atom stereocenters. The molecule has 9 heteroatoms. The molecule has 0 N–H and O–H groups in total. The molecular formula is C20H16FN3O3S2. The number of thiazole rings is 1. The molecule has 6 nitrogen and oxygen atoms in total. The molecule has 1 aromatic carbocycles. The predicted octanol–water partition coefficient (Wildman–Crippen LogP) is 3.05. The number of hydrogen-bond acceptors (Lipinski definition) is 6. The molecule has 0 radical (unpaired) electrons. The van der Waals surface area contributed by atoms with Crippen LogP contribution in [0.15, 0.2) is 46.8 Å². The van der Waals surface area contributed by atoms with Crippen molar-refractivity contribution in [3.8, 4) is 11.1 Å². The van der Waals surface area contributed by atoms with Crippen molar-refractivity contribution >= 4 is 27.1 Å². The fraction of sp³-hybridized carbons (Fsp3) is 0.250. The van der Waals surface area contributed by atoms with Gasteiger partial charge in [0.2, 0.25) is 5.95 Å². The lowest BCUT2D eigenvalue weighted by molar-refractivity contribution is 0.0785. The lowest BCUT2D eigenvalue weighted by Crippen LogP contribution is -2.31. The molecule has 148 valence electrons. The van der Waals surface area contributed by atoms with Crippen LogP contribution in [0.3, 0.4) is 0 Å². The third-order valence-electron chi connectivity index (χ3n) is 5.57. The second-order valence-electron chi connectivity index (χ2n) is 7.27. The van der Waals surface area contributed by atoms with Crippen molar-refractivity contribution in [1.82, 2.24) is 14.9 Å². The van der Waals surface area contributed by atoms with Gasteiger partial charge >= 0.3 is 0 Å². The van der Waals surface area contributed by atoms with Crippen molar-refractivity contribution in [2.24, 2.45) is 0 Å². The molecule has 2 aliphatic heterocycles. The summed E-state index contributed by atoms with van der Waals surface area (Å²) in [7, 11) is -3.52. The maximum atomic E-state index is 13.1. The van der Waals surface area contributed by atoms with Gasteiger partial charge in [0.05, 0.1) is 15.2 Å². The first-order chi connectivity index (χ1) is 13.8. The Morgan fingerprint density at radius 1 is 1.21 bits per heavy atom. The predicted molar refractivity (Wildman–Crippen MR) is 106 cm³/mol. The number of amides is 1. The summed E-state index contributed by atoms with van der Waals surface area (Å²) >= 11 is 1.39. The van der Waals surface area contributed by atoms with Gasteiger partial charge in [0.25, 0.3) is 5.91 Å². The Balaban J connectivity index is 1.51. The van der Waals surface area contributed by atoms with Crippen LogP contribution in [0.4, 0.5) is 4.39 Å². The number of carbonyl (C=O) groups excluding carboxylic acids is 1. The standard InChI is InChI=1S/C20H16FN3O3S2/c1-11-23-16(10-28-11)20(25)24-8-15-14-6-12(13-3-5-19(21)22-7-13)2-4-17(14)29(26,27)18(15)9-24/h2-7,10,15,18H,8-9H2,1H3/t15-,18-/m1/s1. The topological polar surface area (TPSA) is 80.2 Å². The number of halogens is 1. The van der Waals surface area contributed by atoms with Crippen molar-refractivity contribution in [3.05, 3.63) is 64.1 Å². The molecule has 1 fully saturated rings. The molecule has 1 saturated heterocycles. The Bertz CT molecular complexity index is 1240. The molecule has 5 rings (SSSR count). The van der Waals surface area contributed by atoms with Crippen molar-refractivity contribution in [2.75, 3.05) is 13.1 Å². The minimum absolute atomic E-state index is 0.157. The summed E-state index contributed by atoms with van der Waals surface area (Å²) in [6.45, 7) is 2.31. The van der Waals surface area contributed by atoms with Crippen molar-refractivity contribution < 1.29 is 17.6 Å². The van der Waals surface area contributed by atoms with Crippen LogP contribution in [0.25, 0.3) is 11.1 Å². The zero-order chi connectivity index (χ0) is 20.3. The van der Waals surface area contributed by atoms with Crippen LogP contribution < -0.4 is 0 Å². The number of carbonyl (C=O) groups is 1. The van der Waals surface area contributed by atoms with Gasteiger partial charge in [-0.2, -0.15) is 4.39 Å². The van der Waals surface area contributed by atoms with Gasteiger partial charge in [-0.3, -0.25) is 4.79 Å². The normalized spacial score (nSPS) is 21.8. The summed E-state index contributed by atoms with van der Waals surface area (Å²) in [5.41, 5.74) is 2.55. The Labute approximate surface area is 171 Å². The zero-order valence-corrected chi connectivity index (χ0v) is 17.0. The quantitative estimate of drug-likeness (QED) is 0.585. The van der Waals surface area contributed by atoms with E-state index in [9.17, 15) is 17.6 Å². The van der Waals surface area contributed by atoms with Gasteiger partial charge < -0.3 is 4.90 Å².